The molecule has 0 aliphatic heterocycles. The monoisotopic (exact) mass is 200 g/mol. The van der Waals surface area contributed by atoms with Gasteiger partial charge in [0.15, 0.2) is 0 Å². The van der Waals surface area contributed by atoms with Crippen LogP contribution in [0.2, 0.25) is 0 Å². The van der Waals surface area contributed by atoms with E-state index < -0.39 is 0 Å². The summed E-state index contributed by atoms with van der Waals surface area (Å²) in [6, 6.07) is 7.88. The highest BCUT2D eigenvalue weighted by Crippen LogP contribution is 2.03. The molecule has 0 saturated heterocycles. The predicted molar refractivity (Wildman–Crippen MR) is 65.3 cm³/mol. The van der Waals surface area contributed by atoms with E-state index in [1.807, 2.05) is 50.3 Å². The van der Waals surface area contributed by atoms with Gasteiger partial charge in [-0.1, -0.05) is 37.4 Å². The first-order chi connectivity index (χ1) is 7.13. The molecule has 0 aromatic heterocycles. The lowest BCUT2D eigenvalue weighted by Crippen LogP contribution is -2.22. The van der Waals surface area contributed by atoms with E-state index in [1.54, 1.807) is 0 Å². The molecule has 0 radical (unpaired) electrons. The van der Waals surface area contributed by atoms with Crippen LogP contribution >= 0.6 is 0 Å². The number of hydrogen-bond acceptors (Lipinski definition) is 1. The third-order valence-corrected chi connectivity index (χ3v) is 2.07. The molecule has 78 valence electrons. The summed E-state index contributed by atoms with van der Waals surface area (Å²) < 4.78 is 5.44. The van der Waals surface area contributed by atoms with Gasteiger partial charge in [0.1, 0.15) is 5.76 Å². The molecule has 15 heavy (non-hydrogen) atoms. The predicted octanol–water partition coefficient (Wildman–Crippen LogP) is 2.33. The van der Waals surface area contributed by atoms with Crippen LogP contribution in [0.5, 0.6) is 0 Å². The summed E-state index contributed by atoms with van der Waals surface area (Å²) >= 11 is 0. The smallest absolute Gasteiger partial charge is 0.120 e. The lowest BCUT2D eigenvalue weighted by atomic mass is 10.2. The van der Waals surface area contributed by atoms with E-state index in [1.165, 1.54) is 0 Å². The first-order valence-electron chi connectivity index (χ1n) is 4.89. The van der Waals surface area contributed by atoms with Crippen molar-refractivity contribution in [1.82, 2.24) is 0 Å². The third-order valence-electron chi connectivity index (χ3n) is 2.07. The summed E-state index contributed by atoms with van der Waals surface area (Å²) in [6.07, 6.45) is 3.78. The second-order valence-corrected chi connectivity index (χ2v) is 3.31. The van der Waals surface area contributed by atoms with Gasteiger partial charge < -0.3 is 4.74 Å². The van der Waals surface area contributed by atoms with Gasteiger partial charge in [-0.05, 0) is 36.4 Å². The zero-order valence-corrected chi connectivity index (χ0v) is 9.29. The highest BCUT2D eigenvalue weighted by molar-refractivity contribution is 5.42. The van der Waals surface area contributed by atoms with Crippen molar-refractivity contribution in [1.29, 1.82) is 0 Å². The first-order valence-corrected chi connectivity index (χ1v) is 4.89. The van der Waals surface area contributed by atoms with Crippen molar-refractivity contribution < 1.29 is 4.74 Å². The number of allylic oxidation sites excluding steroid dienone is 3. The van der Waals surface area contributed by atoms with E-state index in [9.17, 15) is 0 Å². The minimum atomic E-state index is 0.627. The van der Waals surface area contributed by atoms with Crippen LogP contribution in [0.4, 0.5) is 0 Å². The van der Waals surface area contributed by atoms with Gasteiger partial charge in [0.2, 0.25) is 0 Å². The van der Waals surface area contributed by atoms with Gasteiger partial charge in [0, 0.05) is 0 Å². The van der Waals surface area contributed by atoms with Gasteiger partial charge >= 0.3 is 0 Å². The van der Waals surface area contributed by atoms with Crippen LogP contribution < -0.4 is 10.4 Å². The first kappa shape index (κ1) is 11.3. The summed E-state index contributed by atoms with van der Waals surface area (Å²) in [6.45, 7) is 11.6. The van der Waals surface area contributed by atoms with E-state index >= 15 is 0 Å². The zero-order valence-electron chi connectivity index (χ0n) is 9.29. The summed E-state index contributed by atoms with van der Waals surface area (Å²) in [7, 11) is 0. The SMILES string of the molecule is C=C(/C=c1/ccccc1=C)O/C(C)=C/C. The molecule has 0 aliphatic carbocycles. The Hall–Kier alpha value is -1.76. The Morgan fingerprint density at radius 3 is 2.60 bits per heavy atom. The van der Waals surface area contributed by atoms with Crippen LogP contribution in [-0.2, 0) is 4.74 Å². The van der Waals surface area contributed by atoms with Crippen molar-refractivity contribution in [3.05, 3.63) is 58.9 Å². The topological polar surface area (TPSA) is 9.23 Å². The van der Waals surface area contributed by atoms with Crippen molar-refractivity contribution in [2.45, 2.75) is 13.8 Å². The van der Waals surface area contributed by atoms with Crippen LogP contribution in [0.1, 0.15) is 13.8 Å². The molecule has 0 fully saturated rings. The van der Waals surface area contributed by atoms with Crippen molar-refractivity contribution in [3.8, 4) is 0 Å². The van der Waals surface area contributed by atoms with Gasteiger partial charge in [-0.15, -0.1) is 0 Å². The molecule has 1 nitrogen and oxygen atoms in total. The molecule has 0 spiro atoms. The fourth-order valence-corrected chi connectivity index (χ4v) is 1.14. The molecule has 0 atom stereocenters. The van der Waals surface area contributed by atoms with E-state index in [4.69, 9.17) is 4.74 Å². The highest BCUT2D eigenvalue weighted by Gasteiger charge is 1.91. The second kappa shape index (κ2) is 5.20. The summed E-state index contributed by atoms with van der Waals surface area (Å²) in [5.41, 5.74) is 0. The molecule has 1 heteroatoms. The Morgan fingerprint density at radius 2 is 2.00 bits per heavy atom. The minimum absolute atomic E-state index is 0.627. The molecule has 0 heterocycles. The van der Waals surface area contributed by atoms with Crippen molar-refractivity contribution in [3.63, 3.8) is 0 Å². The van der Waals surface area contributed by atoms with Gasteiger partial charge in [-0.3, -0.25) is 0 Å². The Morgan fingerprint density at radius 1 is 1.33 bits per heavy atom. The van der Waals surface area contributed by atoms with Crippen molar-refractivity contribution in [2.24, 2.45) is 0 Å². The van der Waals surface area contributed by atoms with Gasteiger partial charge in [-0.2, -0.15) is 0 Å². The molecule has 0 aliphatic rings. The summed E-state index contributed by atoms with van der Waals surface area (Å²) in [5, 5.41) is 2.01. The molecule has 1 aromatic rings. The van der Waals surface area contributed by atoms with E-state index in [2.05, 4.69) is 13.2 Å². The van der Waals surface area contributed by atoms with Crippen LogP contribution in [0, 0.1) is 0 Å². The molecule has 0 unspecified atom stereocenters. The standard InChI is InChI=1S/C14H16O/c1-5-12(3)15-13(4)10-14-9-7-6-8-11(14)2/h5-10H,2,4H2,1,3H3/b12-5+,14-10-. The molecular weight excluding hydrogens is 184 g/mol. The van der Waals surface area contributed by atoms with E-state index in [0.29, 0.717) is 5.76 Å². The fraction of sp³-hybridized carbons (Fsp3) is 0.143. The highest BCUT2D eigenvalue weighted by atomic mass is 16.5. The molecule has 0 amide bonds. The molecule has 0 bridgehead atoms. The second-order valence-electron chi connectivity index (χ2n) is 3.31. The Balaban J connectivity index is 2.95. The van der Waals surface area contributed by atoms with Gasteiger partial charge in [0.05, 0.1) is 5.76 Å². The Kier molecular flexibility index (Phi) is 3.92. The average molecular weight is 200 g/mol. The molecule has 0 saturated carbocycles. The maximum absolute atomic E-state index is 5.44. The molecule has 1 aromatic carbocycles. The van der Waals surface area contributed by atoms with E-state index in [-0.39, 0.29) is 0 Å². The maximum atomic E-state index is 5.44. The largest absolute Gasteiger partial charge is 0.463 e. The van der Waals surface area contributed by atoms with Gasteiger partial charge in [0.25, 0.3) is 0 Å². The van der Waals surface area contributed by atoms with E-state index in [0.717, 1.165) is 16.2 Å². The minimum Gasteiger partial charge on any atom is -0.463 e. The lowest BCUT2D eigenvalue weighted by Gasteiger charge is -2.03. The van der Waals surface area contributed by atoms with Crippen molar-refractivity contribution in [2.75, 3.05) is 0 Å². The van der Waals surface area contributed by atoms with Crippen molar-refractivity contribution >= 4 is 12.7 Å². The molecular formula is C14H16O. The van der Waals surface area contributed by atoms with Crippen LogP contribution in [-0.4, -0.2) is 0 Å². The third kappa shape index (κ3) is 3.47. The normalized spacial score (nSPS) is 12.7. The molecule has 1 rings (SSSR count). The lowest BCUT2D eigenvalue weighted by molar-refractivity contribution is 0.330. The number of ether oxygens (including phenoxy) is 1. The Labute approximate surface area is 90.7 Å². The quantitative estimate of drug-likeness (QED) is 0.680. The Bertz CT molecular complexity index is 480. The number of hydrogen-bond donors (Lipinski definition) is 0. The van der Waals surface area contributed by atoms with Crippen LogP contribution in [0.25, 0.3) is 12.7 Å². The van der Waals surface area contributed by atoms with Gasteiger partial charge in [-0.25, -0.2) is 0 Å². The average Bonchev–Trinajstić information content (AvgIpc) is 2.21. The molecule has 0 N–H and O–H groups in total. The number of benzene rings is 1. The zero-order chi connectivity index (χ0) is 11.3. The fourth-order valence-electron chi connectivity index (χ4n) is 1.14. The summed E-state index contributed by atoms with van der Waals surface area (Å²) in [5.74, 6) is 1.47. The maximum Gasteiger partial charge on any atom is 0.120 e. The van der Waals surface area contributed by atoms with Crippen LogP contribution in [0.3, 0.4) is 0 Å². The summed E-state index contributed by atoms with van der Waals surface area (Å²) in [4.78, 5) is 0. The van der Waals surface area contributed by atoms with Crippen LogP contribution in [0.15, 0.2) is 48.4 Å². The number of rotatable bonds is 3.